The second-order valence-corrected chi connectivity index (χ2v) is 5.41. The maximum atomic E-state index is 6.04. The molecule has 0 unspecified atom stereocenters. The molecule has 0 aliphatic carbocycles. The minimum atomic E-state index is 0.661. The molecule has 3 rings (SSSR count). The molecule has 0 aliphatic rings. The number of H-pyrrole nitrogens is 1. The first-order chi connectivity index (χ1) is 9.24. The number of hydrogen-bond acceptors (Lipinski definition) is 1. The summed E-state index contributed by atoms with van der Waals surface area (Å²) < 4.78 is 0.875. The highest BCUT2D eigenvalue weighted by Gasteiger charge is 2.00. The minimum Gasteiger partial charge on any atom is -0.361 e. The Balaban J connectivity index is 1.96. The SMILES string of the molecule is Clc1cc(N=Cc2c[nH]c3ccccc23)ccc1Br. The minimum absolute atomic E-state index is 0.661. The number of halogens is 2. The van der Waals surface area contributed by atoms with Gasteiger partial charge in [0.15, 0.2) is 0 Å². The molecule has 3 aromatic rings. The van der Waals surface area contributed by atoms with E-state index in [1.165, 1.54) is 0 Å². The molecular formula is C15H10BrClN2. The monoisotopic (exact) mass is 332 g/mol. The van der Waals surface area contributed by atoms with Gasteiger partial charge in [-0.05, 0) is 40.2 Å². The summed E-state index contributed by atoms with van der Waals surface area (Å²) in [6.07, 6.45) is 3.80. The first-order valence-corrected chi connectivity index (χ1v) is 6.96. The molecule has 1 heterocycles. The number of hydrogen-bond donors (Lipinski definition) is 1. The highest BCUT2D eigenvalue weighted by atomic mass is 79.9. The molecule has 0 radical (unpaired) electrons. The summed E-state index contributed by atoms with van der Waals surface area (Å²) in [6, 6.07) is 13.8. The van der Waals surface area contributed by atoms with Gasteiger partial charge in [0.25, 0.3) is 0 Å². The summed E-state index contributed by atoms with van der Waals surface area (Å²) in [5.41, 5.74) is 3.01. The van der Waals surface area contributed by atoms with E-state index in [0.717, 1.165) is 26.6 Å². The van der Waals surface area contributed by atoms with Gasteiger partial charge in [-0.2, -0.15) is 0 Å². The number of nitrogens with zero attached hydrogens (tertiary/aromatic N) is 1. The first-order valence-electron chi connectivity index (χ1n) is 5.79. The lowest BCUT2D eigenvalue weighted by atomic mass is 10.2. The number of benzene rings is 2. The van der Waals surface area contributed by atoms with Crippen molar-refractivity contribution in [3.8, 4) is 0 Å². The molecule has 0 amide bonds. The van der Waals surface area contributed by atoms with E-state index in [-0.39, 0.29) is 0 Å². The number of aromatic nitrogens is 1. The highest BCUT2D eigenvalue weighted by Crippen LogP contribution is 2.27. The summed E-state index contributed by atoms with van der Waals surface area (Å²) in [6.45, 7) is 0. The molecule has 2 nitrogen and oxygen atoms in total. The normalized spacial score (nSPS) is 11.5. The van der Waals surface area contributed by atoms with E-state index in [0.29, 0.717) is 5.02 Å². The van der Waals surface area contributed by atoms with Gasteiger partial charge < -0.3 is 4.98 Å². The summed E-state index contributed by atoms with van der Waals surface area (Å²) in [5, 5.41) is 1.82. The molecule has 0 atom stereocenters. The Labute approximate surface area is 124 Å². The van der Waals surface area contributed by atoms with Crippen LogP contribution in [0.15, 0.2) is 58.1 Å². The number of para-hydroxylation sites is 1. The van der Waals surface area contributed by atoms with E-state index in [1.54, 1.807) is 0 Å². The van der Waals surface area contributed by atoms with Crippen LogP contribution in [-0.2, 0) is 0 Å². The van der Waals surface area contributed by atoms with Crippen LogP contribution >= 0.6 is 27.5 Å². The van der Waals surface area contributed by atoms with Gasteiger partial charge in [0.2, 0.25) is 0 Å². The standard InChI is InChI=1S/C15H10BrClN2/c16-13-6-5-11(7-14(13)17)18-8-10-9-19-15-4-2-1-3-12(10)15/h1-9,19H. The zero-order valence-corrected chi connectivity index (χ0v) is 12.2. The fourth-order valence-corrected chi connectivity index (χ4v) is 2.33. The van der Waals surface area contributed by atoms with Gasteiger partial charge in [-0.15, -0.1) is 0 Å². The zero-order chi connectivity index (χ0) is 13.2. The summed E-state index contributed by atoms with van der Waals surface area (Å²) >= 11 is 9.41. The van der Waals surface area contributed by atoms with Crippen LogP contribution in [0.2, 0.25) is 5.02 Å². The molecular weight excluding hydrogens is 324 g/mol. The van der Waals surface area contributed by atoms with Crippen molar-refractivity contribution < 1.29 is 0 Å². The molecule has 0 saturated heterocycles. The van der Waals surface area contributed by atoms with Gasteiger partial charge in [-0.25, -0.2) is 0 Å². The van der Waals surface area contributed by atoms with Crippen molar-refractivity contribution in [3.05, 3.63) is 63.7 Å². The van der Waals surface area contributed by atoms with Crippen LogP contribution in [0.25, 0.3) is 10.9 Å². The molecule has 94 valence electrons. The van der Waals surface area contributed by atoms with Crippen molar-refractivity contribution in [2.45, 2.75) is 0 Å². The average molecular weight is 334 g/mol. The Kier molecular flexibility index (Phi) is 3.40. The topological polar surface area (TPSA) is 28.1 Å². The van der Waals surface area contributed by atoms with Crippen LogP contribution in [0.5, 0.6) is 0 Å². The highest BCUT2D eigenvalue weighted by molar-refractivity contribution is 9.10. The van der Waals surface area contributed by atoms with Gasteiger partial charge in [-0.1, -0.05) is 29.8 Å². The predicted molar refractivity (Wildman–Crippen MR) is 84.7 cm³/mol. The second-order valence-electron chi connectivity index (χ2n) is 4.15. The summed E-state index contributed by atoms with van der Waals surface area (Å²) in [5.74, 6) is 0. The molecule has 19 heavy (non-hydrogen) atoms. The molecule has 0 fully saturated rings. The molecule has 2 aromatic carbocycles. The molecule has 4 heteroatoms. The van der Waals surface area contributed by atoms with Crippen molar-refractivity contribution in [2.75, 3.05) is 0 Å². The Hall–Kier alpha value is -1.58. The lowest BCUT2D eigenvalue weighted by molar-refractivity contribution is 1.47. The van der Waals surface area contributed by atoms with Crippen molar-refractivity contribution in [3.63, 3.8) is 0 Å². The lowest BCUT2D eigenvalue weighted by Crippen LogP contribution is -1.77. The Morgan fingerprint density at radius 1 is 1.16 bits per heavy atom. The Morgan fingerprint density at radius 2 is 2.00 bits per heavy atom. The summed E-state index contributed by atoms with van der Waals surface area (Å²) in [4.78, 5) is 7.67. The van der Waals surface area contributed by atoms with E-state index in [9.17, 15) is 0 Å². The largest absolute Gasteiger partial charge is 0.361 e. The quantitative estimate of drug-likeness (QED) is 0.614. The van der Waals surface area contributed by atoms with Gasteiger partial charge >= 0.3 is 0 Å². The van der Waals surface area contributed by atoms with Gasteiger partial charge in [0, 0.05) is 33.4 Å². The number of nitrogens with one attached hydrogen (secondary N) is 1. The van der Waals surface area contributed by atoms with Crippen LogP contribution in [0, 0.1) is 0 Å². The fraction of sp³-hybridized carbons (Fsp3) is 0. The summed E-state index contributed by atoms with van der Waals surface area (Å²) in [7, 11) is 0. The number of rotatable bonds is 2. The smallest absolute Gasteiger partial charge is 0.0645 e. The van der Waals surface area contributed by atoms with E-state index in [1.807, 2.05) is 48.8 Å². The van der Waals surface area contributed by atoms with E-state index < -0.39 is 0 Å². The first kappa shape index (κ1) is 12.5. The molecule has 0 bridgehead atoms. The van der Waals surface area contributed by atoms with Crippen LogP contribution in [0.4, 0.5) is 5.69 Å². The fourth-order valence-electron chi connectivity index (χ4n) is 1.91. The molecule has 0 saturated carbocycles. The maximum absolute atomic E-state index is 6.04. The van der Waals surface area contributed by atoms with E-state index in [4.69, 9.17) is 11.6 Å². The van der Waals surface area contributed by atoms with Crippen LogP contribution < -0.4 is 0 Å². The third-order valence-electron chi connectivity index (χ3n) is 2.88. The van der Waals surface area contributed by atoms with E-state index >= 15 is 0 Å². The Bertz CT molecular complexity index is 762. The third-order valence-corrected chi connectivity index (χ3v) is 4.11. The van der Waals surface area contributed by atoms with Crippen molar-refractivity contribution >= 4 is 50.3 Å². The molecule has 1 N–H and O–H groups in total. The average Bonchev–Trinajstić information content (AvgIpc) is 2.83. The zero-order valence-electron chi connectivity index (χ0n) is 9.90. The van der Waals surface area contributed by atoms with Crippen LogP contribution in [-0.4, -0.2) is 11.2 Å². The van der Waals surface area contributed by atoms with Crippen molar-refractivity contribution in [1.82, 2.24) is 4.98 Å². The maximum Gasteiger partial charge on any atom is 0.0645 e. The van der Waals surface area contributed by atoms with Gasteiger partial charge in [-0.3, -0.25) is 4.99 Å². The number of aromatic amines is 1. The second kappa shape index (κ2) is 5.19. The third kappa shape index (κ3) is 2.57. The van der Waals surface area contributed by atoms with Gasteiger partial charge in [0.05, 0.1) is 10.7 Å². The van der Waals surface area contributed by atoms with Crippen LogP contribution in [0.1, 0.15) is 5.56 Å². The Morgan fingerprint density at radius 3 is 2.84 bits per heavy atom. The molecule has 0 spiro atoms. The predicted octanol–water partition coefficient (Wildman–Crippen LogP) is 5.33. The number of fused-ring (bicyclic) bond motifs is 1. The van der Waals surface area contributed by atoms with E-state index in [2.05, 4.69) is 32.0 Å². The van der Waals surface area contributed by atoms with Gasteiger partial charge in [0.1, 0.15) is 0 Å². The van der Waals surface area contributed by atoms with Crippen LogP contribution in [0.3, 0.4) is 0 Å². The van der Waals surface area contributed by atoms with Crippen molar-refractivity contribution in [2.24, 2.45) is 4.99 Å². The van der Waals surface area contributed by atoms with Crippen molar-refractivity contribution in [1.29, 1.82) is 0 Å². The molecule has 0 aliphatic heterocycles. The number of aliphatic imine (C=N–C) groups is 1. The molecule has 1 aromatic heterocycles. The lowest BCUT2D eigenvalue weighted by Gasteiger charge is -1.97.